The number of fused-ring (bicyclic) bond motifs is 1. The second-order valence-electron chi connectivity index (χ2n) is 5.35. The molecule has 0 bridgehead atoms. The number of amides is 1. The first-order chi connectivity index (χ1) is 9.34. The summed E-state index contributed by atoms with van der Waals surface area (Å²) in [7, 11) is 0. The Hall–Kier alpha value is -1.55. The van der Waals surface area contributed by atoms with Crippen LogP contribution in [0.5, 0.6) is 0 Å². The molecule has 0 aromatic heterocycles. The van der Waals surface area contributed by atoms with Crippen LogP contribution in [0.2, 0.25) is 0 Å². The van der Waals surface area contributed by atoms with Gasteiger partial charge in [0.2, 0.25) is 0 Å². The molecule has 0 spiro atoms. The van der Waals surface area contributed by atoms with Gasteiger partial charge in [0.05, 0.1) is 0 Å². The van der Waals surface area contributed by atoms with E-state index in [4.69, 9.17) is 0 Å². The highest BCUT2D eigenvalue weighted by Crippen LogP contribution is 2.25. The third kappa shape index (κ3) is 2.73. The van der Waals surface area contributed by atoms with E-state index in [2.05, 4.69) is 21.8 Å². The highest BCUT2D eigenvalue weighted by molar-refractivity contribution is 5.97. The minimum absolute atomic E-state index is 0.0439. The summed E-state index contributed by atoms with van der Waals surface area (Å²) < 4.78 is 0. The SMILES string of the molecule is O=C(NN1CCCCC1)c1cccc2c1CCCN2. The number of nitrogens with zero attached hydrogens (tertiary/aromatic N) is 1. The fourth-order valence-corrected chi connectivity index (χ4v) is 2.93. The third-order valence-corrected chi connectivity index (χ3v) is 3.96. The van der Waals surface area contributed by atoms with E-state index in [0.717, 1.165) is 43.7 Å². The highest BCUT2D eigenvalue weighted by Gasteiger charge is 2.19. The van der Waals surface area contributed by atoms with Crippen molar-refractivity contribution in [2.24, 2.45) is 0 Å². The molecule has 1 amide bonds. The Morgan fingerprint density at radius 3 is 2.84 bits per heavy atom. The van der Waals surface area contributed by atoms with E-state index in [1.807, 2.05) is 12.1 Å². The van der Waals surface area contributed by atoms with E-state index in [0.29, 0.717) is 0 Å². The molecule has 0 radical (unpaired) electrons. The molecule has 0 atom stereocenters. The fourth-order valence-electron chi connectivity index (χ4n) is 2.93. The van der Waals surface area contributed by atoms with Gasteiger partial charge in [0.1, 0.15) is 0 Å². The second kappa shape index (κ2) is 5.61. The lowest BCUT2D eigenvalue weighted by molar-refractivity contribution is 0.0749. The van der Waals surface area contributed by atoms with Crippen LogP contribution in [0, 0.1) is 0 Å². The average Bonchev–Trinajstić information content (AvgIpc) is 2.47. The van der Waals surface area contributed by atoms with Crippen molar-refractivity contribution in [1.82, 2.24) is 10.4 Å². The number of benzene rings is 1. The summed E-state index contributed by atoms with van der Waals surface area (Å²) in [4.78, 5) is 12.4. The quantitative estimate of drug-likeness (QED) is 0.855. The van der Waals surface area contributed by atoms with Crippen LogP contribution in [0.25, 0.3) is 0 Å². The van der Waals surface area contributed by atoms with Crippen molar-refractivity contribution >= 4 is 11.6 Å². The van der Waals surface area contributed by atoms with Crippen LogP contribution in [0.15, 0.2) is 18.2 Å². The number of anilines is 1. The summed E-state index contributed by atoms with van der Waals surface area (Å²) in [5.41, 5.74) is 6.17. The van der Waals surface area contributed by atoms with Gasteiger partial charge in [-0.25, -0.2) is 5.01 Å². The predicted molar refractivity (Wildman–Crippen MR) is 76.1 cm³/mol. The van der Waals surface area contributed by atoms with Gasteiger partial charge in [-0.3, -0.25) is 10.2 Å². The number of carbonyl (C=O) groups excluding carboxylic acids is 1. The maximum atomic E-state index is 12.4. The Morgan fingerprint density at radius 1 is 1.16 bits per heavy atom. The summed E-state index contributed by atoms with van der Waals surface area (Å²) in [6.07, 6.45) is 5.72. The Labute approximate surface area is 114 Å². The molecule has 2 N–H and O–H groups in total. The molecule has 4 heteroatoms. The van der Waals surface area contributed by atoms with Crippen molar-refractivity contribution < 1.29 is 4.79 Å². The van der Waals surface area contributed by atoms with Crippen molar-refractivity contribution in [1.29, 1.82) is 0 Å². The fraction of sp³-hybridized carbons (Fsp3) is 0.533. The van der Waals surface area contributed by atoms with Crippen molar-refractivity contribution in [2.45, 2.75) is 32.1 Å². The number of hydrazine groups is 1. The molecular formula is C15H21N3O. The number of hydrogen-bond donors (Lipinski definition) is 2. The van der Waals surface area contributed by atoms with Crippen LogP contribution in [-0.4, -0.2) is 30.6 Å². The van der Waals surface area contributed by atoms with Crippen LogP contribution in [0.1, 0.15) is 41.6 Å². The highest BCUT2D eigenvalue weighted by atomic mass is 16.2. The van der Waals surface area contributed by atoms with Gasteiger partial charge in [-0.2, -0.15) is 0 Å². The molecule has 1 aromatic rings. The van der Waals surface area contributed by atoms with Gasteiger partial charge in [-0.1, -0.05) is 12.5 Å². The largest absolute Gasteiger partial charge is 0.385 e. The van der Waals surface area contributed by atoms with Crippen LogP contribution >= 0.6 is 0 Å². The summed E-state index contributed by atoms with van der Waals surface area (Å²) in [5.74, 6) is 0.0439. The molecule has 0 unspecified atom stereocenters. The van der Waals surface area contributed by atoms with Crippen molar-refractivity contribution in [3.63, 3.8) is 0 Å². The maximum Gasteiger partial charge on any atom is 0.265 e. The van der Waals surface area contributed by atoms with Crippen molar-refractivity contribution in [3.8, 4) is 0 Å². The van der Waals surface area contributed by atoms with Gasteiger partial charge < -0.3 is 5.32 Å². The van der Waals surface area contributed by atoms with Gasteiger partial charge in [0, 0.05) is 30.9 Å². The van der Waals surface area contributed by atoms with Gasteiger partial charge in [-0.15, -0.1) is 0 Å². The first-order valence-corrected chi connectivity index (χ1v) is 7.26. The number of piperidine rings is 1. The van der Waals surface area contributed by atoms with Gasteiger partial charge >= 0.3 is 0 Å². The Morgan fingerprint density at radius 2 is 2.00 bits per heavy atom. The normalized spacial score (nSPS) is 19.4. The molecule has 2 heterocycles. The van der Waals surface area contributed by atoms with Gasteiger partial charge in [0.25, 0.3) is 5.91 Å². The molecule has 2 aliphatic heterocycles. The van der Waals surface area contributed by atoms with E-state index in [9.17, 15) is 4.79 Å². The molecule has 3 rings (SSSR count). The molecule has 4 nitrogen and oxygen atoms in total. The summed E-state index contributed by atoms with van der Waals surface area (Å²) in [5, 5.41) is 5.42. The third-order valence-electron chi connectivity index (χ3n) is 3.96. The predicted octanol–water partition coefficient (Wildman–Crippen LogP) is 2.18. The van der Waals surface area contributed by atoms with Crippen LogP contribution in [0.4, 0.5) is 5.69 Å². The van der Waals surface area contributed by atoms with E-state index in [1.165, 1.54) is 24.8 Å². The van der Waals surface area contributed by atoms with Gasteiger partial charge in [0.15, 0.2) is 0 Å². The molecular weight excluding hydrogens is 238 g/mol. The molecule has 2 aliphatic rings. The molecule has 1 fully saturated rings. The lowest BCUT2D eigenvalue weighted by atomic mass is 9.97. The Kier molecular flexibility index (Phi) is 3.69. The maximum absolute atomic E-state index is 12.4. The van der Waals surface area contributed by atoms with Gasteiger partial charge in [-0.05, 0) is 43.4 Å². The number of carbonyl (C=O) groups is 1. The summed E-state index contributed by atoms with van der Waals surface area (Å²) in [6, 6.07) is 5.96. The van der Waals surface area contributed by atoms with E-state index < -0.39 is 0 Å². The summed E-state index contributed by atoms with van der Waals surface area (Å²) in [6.45, 7) is 2.95. The standard InChI is InChI=1S/C15H21N3O/c19-15(17-18-10-2-1-3-11-18)13-6-4-8-14-12(13)7-5-9-16-14/h4,6,8,16H,1-3,5,7,9-11H2,(H,17,19). The molecule has 1 saturated heterocycles. The molecule has 0 aliphatic carbocycles. The minimum atomic E-state index is 0.0439. The monoisotopic (exact) mass is 259 g/mol. The van der Waals surface area contributed by atoms with Crippen molar-refractivity contribution in [3.05, 3.63) is 29.3 Å². The average molecular weight is 259 g/mol. The molecule has 102 valence electrons. The zero-order valence-electron chi connectivity index (χ0n) is 11.2. The zero-order valence-corrected chi connectivity index (χ0v) is 11.2. The van der Waals surface area contributed by atoms with Crippen LogP contribution < -0.4 is 10.7 Å². The number of rotatable bonds is 2. The van der Waals surface area contributed by atoms with Crippen LogP contribution in [0.3, 0.4) is 0 Å². The first-order valence-electron chi connectivity index (χ1n) is 7.26. The second-order valence-corrected chi connectivity index (χ2v) is 5.35. The van der Waals surface area contributed by atoms with E-state index in [1.54, 1.807) is 0 Å². The van der Waals surface area contributed by atoms with E-state index >= 15 is 0 Å². The lowest BCUT2D eigenvalue weighted by Crippen LogP contribution is -2.45. The number of hydrogen-bond acceptors (Lipinski definition) is 3. The lowest BCUT2D eigenvalue weighted by Gasteiger charge is -2.28. The number of nitrogens with one attached hydrogen (secondary N) is 2. The molecule has 0 saturated carbocycles. The molecule has 19 heavy (non-hydrogen) atoms. The zero-order chi connectivity index (χ0) is 13.1. The minimum Gasteiger partial charge on any atom is -0.385 e. The summed E-state index contributed by atoms with van der Waals surface area (Å²) >= 11 is 0. The van der Waals surface area contributed by atoms with E-state index in [-0.39, 0.29) is 5.91 Å². The molecule has 1 aromatic carbocycles. The van der Waals surface area contributed by atoms with Crippen molar-refractivity contribution in [2.75, 3.05) is 25.0 Å². The van der Waals surface area contributed by atoms with Crippen LogP contribution in [-0.2, 0) is 6.42 Å². The first kappa shape index (κ1) is 12.5. The Bertz CT molecular complexity index is 466. The topological polar surface area (TPSA) is 44.4 Å². The smallest absolute Gasteiger partial charge is 0.265 e. The Balaban J connectivity index is 1.75.